The first-order chi connectivity index (χ1) is 60.4. The van der Waals surface area contributed by atoms with Crippen molar-refractivity contribution in [1.29, 1.82) is 0 Å². The van der Waals surface area contributed by atoms with Crippen LogP contribution in [0.15, 0.2) is 185 Å². The predicted octanol–water partition coefficient (Wildman–Crippen LogP) is 15.9. The third kappa shape index (κ3) is 18.6. The maximum absolute atomic E-state index is 14.1. The third-order valence-electron chi connectivity index (χ3n) is 27.5. The number of nitrogens with one attached hydrogen (secondary N) is 4. The Morgan fingerprint density at radius 1 is 0.592 bits per heavy atom. The van der Waals surface area contributed by atoms with E-state index in [1.165, 1.54) is 120 Å². The van der Waals surface area contributed by atoms with Crippen LogP contribution in [0.5, 0.6) is 23.0 Å². The number of aromatic nitrogens is 5. The van der Waals surface area contributed by atoms with Crippen molar-refractivity contribution in [3.63, 3.8) is 0 Å². The van der Waals surface area contributed by atoms with Gasteiger partial charge in [-0.25, -0.2) is 40.8 Å². The Balaban J connectivity index is 0.000000170. The average Bonchev–Trinajstić information content (AvgIpc) is 1.58. The molecule has 7 fully saturated rings. The molecule has 0 bridgehead atoms. The fourth-order valence-electron chi connectivity index (χ4n) is 20.0. The quantitative estimate of drug-likeness (QED) is 0.0322. The van der Waals surface area contributed by atoms with Crippen LogP contribution in [0.1, 0.15) is 141 Å². The van der Waals surface area contributed by atoms with Crippen molar-refractivity contribution >= 4 is 111 Å². The van der Waals surface area contributed by atoms with E-state index in [1.54, 1.807) is 59.8 Å². The number of likely N-dealkylation sites (tertiary alicyclic amines) is 1. The van der Waals surface area contributed by atoms with E-state index in [0.717, 1.165) is 148 Å². The number of nitro groups is 2. The number of carbonyl (C=O) groups excluding carboxylic acids is 3. The Kier molecular flexibility index (Phi) is 24.4. The molecule has 29 nitrogen and oxygen atoms in total. The van der Waals surface area contributed by atoms with Crippen LogP contribution in [-0.2, 0) is 40.9 Å². The van der Waals surface area contributed by atoms with E-state index in [-0.39, 0.29) is 64.1 Å². The maximum atomic E-state index is 14.1. The first-order valence-corrected chi connectivity index (χ1v) is 47.1. The van der Waals surface area contributed by atoms with Gasteiger partial charge in [0, 0.05) is 167 Å². The van der Waals surface area contributed by atoms with Gasteiger partial charge in [-0.05, 0) is 213 Å². The summed E-state index contributed by atoms with van der Waals surface area (Å²) in [6.45, 7) is 10.6. The van der Waals surface area contributed by atoms with Crippen LogP contribution >= 0.6 is 23.2 Å². The summed E-state index contributed by atoms with van der Waals surface area (Å²) >= 11 is 12.6. The number of halogens is 2. The number of piperazine rings is 2. The number of aromatic amines is 2. The van der Waals surface area contributed by atoms with Gasteiger partial charge in [0.15, 0.2) is 0 Å². The standard InChI is InChI=1S/C47H50ClN7O8S.C45H50ClN7O7S/c48-33-4-2-30(3-5-33)40-26-47(12-1-13-47)14-8-32(40)28-52-16-18-53(19-17-52)35-6-7-38(43(23-35)63-36-22-31-9-15-49-44(31)50-27-36)45(56)51-64(60,61)37-24-39-41(42(25-37)55(58)59)29-54(46(39)57)34-10-20-62-21-11-34;46-35-4-2-32(3-5-35)40-27-45(13-1-14-45)15-8-34(40)29-50-18-20-51(21-19-50)36-6-7-39(41(25-36)60-37-24-33-9-16-47-43(33)48-28-37)44(54)49-61(57,58)38-26-42(53(55)56)52(30-38)17-10-31-11-22-59-23-12-31/h2-7,9,15,22-25,27,34,39,41H,1,8,10-14,16-21,26,28-29H2,(H,49,50)(H,51,56);2-7,9,16,24-26,28,30-31H,1,8,10-15,17-23,27,29H2,(H,47,48)(H,49,54). The van der Waals surface area contributed by atoms with Gasteiger partial charge in [0.05, 0.1) is 57.8 Å². The third-order valence-corrected chi connectivity index (χ3v) is 30.6. The summed E-state index contributed by atoms with van der Waals surface area (Å²) in [5.74, 6) is -3.28. The van der Waals surface area contributed by atoms with Crippen molar-refractivity contribution < 1.29 is 60.0 Å². The van der Waals surface area contributed by atoms with Crippen LogP contribution < -0.4 is 28.7 Å². The van der Waals surface area contributed by atoms with Gasteiger partial charge in [-0.3, -0.25) is 34.3 Å². The molecule has 3 amide bonds. The minimum Gasteiger partial charge on any atom is -0.455 e. The second-order valence-corrected chi connectivity index (χ2v) is 39.3. The Hall–Kier alpha value is -10.8. The van der Waals surface area contributed by atoms with E-state index in [2.05, 4.69) is 73.2 Å². The number of fused-ring (bicyclic) bond motifs is 3. The Morgan fingerprint density at radius 2 is 1.08 bits per heavy atom. The molecule has 125 heavy (non-hydrogen) atoms. The molecule has 5 aromatic heterocycles. The van der Waals surface area contributed by atoms with Crippen LogP contribution in [0.2, 0.25) is 10.0 Å². The number of pyridine rings is 2. The van der Waals surface area contributed by atoms with Crippen LogP contribution in [0.3, 0.4) is 0 Å². The summed E-state index contributed by atoms with van der Waals surface area (Å²) in [6.07, 6.45) is 28.3. The zero-order valence-corrected chi connectivity index (χ0v) is 72.5. The number of sulfonamides is 2. The number of amides is 3. The summed E-state index contributed by atoms with van der Waals surface area (Å²) in [4.78, 5) is 89.9. The Labute approximate surface area is 734 Å². The fraction of sp³-hybridized carbons (Fsp3) is 0.424. The number of carbonyl (C=O) groups is 3. The van der Waals surface area contributed by atoms with Crippen molar-refractivity contribution in [3.8, 4) is 23.0 Å². The lowest BCUT2D eigenvalue weighted by Gasteiger charge is -2.47. The zero-order chi connectivity index (χ0) is 86.3. The SMILES string of the molecule is O=C(NS(=O)(=O)C1=CC2C(=O)N(C3CCOCC3)CC2C([N+](=O)[O-])=C1)c1ccc(N2CCN(CC3=C(c4ccc(Cl)cc4)CC4(CCC4)CC3)CC2)cc1Oc1cnc2[nH]ccc2c1.O=C(NS(=O)(=O)c1cc([N+](=O)[O-])n(CCC2CCOCC2)c1)c1ccc(N2CCN(CC3=C(c4ccc(Cl)cc4)CC4(CCC4)CC3)CC2)cc1Oc1cnc2[nH]ccc2c1. The summed E-state index contributed by atoms with van der Waals surface area (Å²) < 4.78 is 84.5. The van der Waals surface area contributed by atoms with Gasteiger partial charge < -0.3 is 53.7 Å². The van der Waals surface area contributed by atoms with Gasteiger partial charge in [0.2, 0.25) is 5.91 Å². The van der Waals surface area contributed by atoms with E-state index in [9.17, 15) is 51.4 Å². The van der Waals surface area contributed by atoms with Gasteiger partial charge in [-0.2, -0.15) is 0 Å². The highest BCUT2D eigenvalue weighted by Crippen LogP contribution is 2.57. The lowest BCUT2D eigenvalue weighted by atomic mass is 9.59. The number of H-pyrrole nitrogens is 2. The molecular weight excluding hydrogens is 1680 g/mol. The number of allylic oxidation sites excluding steroid dienone is 3. The molecule has 2 spiro atoms. The number of aryl methyl sites for hydroxylation is 1. The van der Waals surface area contributed by atoms with Crippen molar-refractivity contribution in [2.24, 2.45) is 28.6 Å². The summed E-state index contributed by atoms with van der Waals surface area (Å²) in [7, 11) is -9.21. The number of ether oxygens (including phenoxy) is 4. The zero-order valence-electron chi connectivity index (χ0n) is 69.3. The maximum Gasteiger partial charge on any atom is 0.324 e. The smallest absolute Gasteiger partial charge is 0.324 e. The highest BCUT2D eigenvalue weighted by atomic mass is 35.5. The monoisotopic (exact) mass is 1770 g/mol. The number of benzene rings is 4. The van der Waals surface area contributed by atoms with Gasteiger partial charge in [0.25, 0.3) is 37.6 Å². The molecule has 10 aliphatic rings. The van der Waals surface area contributed by atoms with E-state index in [1.807, 2.05) is 36.4 Å². The minimum atomic E-state index is -4.70. The molecule has 2 saturated carbocycles. The molecule has 5 saturated heterocycles. The molecule has 33 heteroatoms. The summed E-state index contributed by atoms with van der Waals surface area (Å²) in [5.41, 5.74) is 11.9. The molecule has 654 valence electrons. The van der Waals surface area contributed by atoms with E-state index < -0.39 is 58.4 Å². The topological polar surface area (TPSA) is 345 Å². The van der Waals surface area contributed by atoms with E-state index in [4.69, 9.17) is 42.1 Å². The second kappa shape index (κ2) is 35.9. The Bertz CT molecular complexity index is 6010. The molecule has 5 aliphatic carbocycles. The van der Waals surface area contributed by atoms with Crippen LogP contribution in [0.25, 0.3) is 33.2 Å². The number of hydrogen-bond acceptors (Lipinski definition) is 21. The van der Waals surface area contributed by atoms with E-state index >= 15 is 0 Å². The largest absolute Gasteiger partial charge is 0.455 e. The van der Waals surface area contributed by atoms with Crippen LogP contribution in [0, 0.1) is 48.8 Å². The lowest BCUT2D eigenvalue weighted by Crippen LogP contribution is -2.47. The fourth-order valence-corrected chi connectivity index (χ4v) is 22.3. The molecule has 2 atom stereocenters. The predicted molar refractivity (Wildman–Crippen MR) is 476 cm³/mol. The lowest BCUT2D eigenvalue weighted by molar-refractivity contribution is -0.434. The molecule has 2 unspecified atom stereocenters. The highest BCUT2D eigenvalue weighted by molar-refractivity contribution is 7.94. The molecule has 4 aromatic carbocycles. The molecule has 0 radical (unpaired) electrons. The summed E-state index contributed by atoms with van der Waals surface area (Å²) in [5, 5.41) is 27.3. The molecule has 4 N–H and O–H groups in total. The molecule has 9 aromatic rings. The first kappa shape index (κ1) is 85.0. The van der Waals surface area contributed by atoms with Gasteiger partial charge >= 0.3 is 5.82 Å². The van der Waals surface area contributed by atoms with Crippen molar-refractivity contribution in [3.05, 3.63) is 233 Å². The average molecular weight is 1780 g/mol. The van der Waals surface area contributed by atoms with Crippen LogP contribution in [0.4, 0.5) is 17.2 Å². The van der Waals surface area contributed by atoms with E-state index in [0.29, 0.717) is 85.2 Å². The molecular formula is C92H100Cl2N14O15S2. The Morgan fingerprint density at radius 3 is 1.55 bits per heavy atom. The van der Waals surface area contributed by atoms with Crippen molar-refractivity contribution in [2.45, 2.75) is 127 Å². The van der Waals surface area contributed by atoms with Gasteiger partial charge in [0.1, 0.15) is 45.4 Å². The highest BCUT2D eigenvalue weighted by Gasteiger charge is 2.51. The number of rotatable bonds is 24. The molecule has 19 rings (SSSR count). The molecule has 10 heterocycles. The molecule has 5 aliphatic heterocycles. The van der Waals surface area contributed by atoms with Crippen molar-refractivity contribution in [1.82, 2.24) is 48.6 Å². The second-order valence-electron chi connectivity index (χ2n) is 35.1. The minimum absolute atomic E-state index is 0.0169. The first-order valence-electron chi connectivity index (χ1n) is 43.3. The summed E-state index contributed by atoms with van der Waals surface area (Å²) in [6, 6.07) is 34.8. The van der Waals surface area contributed by atoms with Crippen LogP contribution in [-0.4, -0.2) is 188 Å². The number of nitrogens with zero attached hydrogens (tertiary/aromatic N) is 10. The normalized spacial score (nSPS) is 20.8. The van der Waals surface area contributed by atoms with Gasteiger partial charge in [-0.1, -0.05) is 77.5 Å². The number of hydrogen-bond donors (Lipinski definition) is 4. The van der Waals surface area contributed by atoms with Gasteiger partial charge in [-0.15, -0.1) is 0 Å². The number of anilines is 2. The van der Waals surface area contributed by atoms with Crippen molar-refractivity contribution in [2.75, 3.05) is 108 Å².